The third-order valence-corrected chi connectivity index (χ3v) is 5.75. The van der Waals surface area contributed by atoms with Gasteiger partial charge < -0.3 is 19.3 Å². The number of carbonyl (C=O) groups excluding carboxylic acids is 1. The maximum Gasteiger partial charge on any atom is 0.260 e. The Morgan fingerprint density at radius 1 is 0.743 bits per heavy atom. The van der Waals surface area contributed by atoms with Crippen molar-refractivity contribution in [1.82, 2.24) is 20.1 Å². The number of hydrogen-bond acceptors (Lipinski definition) is 7. The van der Waals surface area contributed by atoms with Gasteiger partial charge in [0.1, 0.15) is 17.2 Å². The van der Waals surface area contributed by atoms with Gasteiger partial charge in [-0.1, -0.05) is 18.2 Å². The van der Waals surface area contributed by atoms with Crippen LogP contribution in [0.2, 0.25) is 0 Å². The van der Waals surface area contributed by atoms with E-state index in [1.807, 2.05) is 71.6 Å². The largest absolute Gasteiger partial charge is 0.484 e. The molecule has 0 saturated carbocycles. The molecule has 1 aliphatic rings. The normalized spacial score (nSPS) is 13.4. The molecule has 0 radical (unpaired) electrons. The van der Waals surface area contributed by atoms with Crippen LogP contribution in [0.25, 0.3) is 11.3 Å². The number of ether oxygens (including phenoxy) is 2. The van der Waals surface area contributed by atoms with Gasteiger partial charge in [-0.25, -0.2) is 0 Å². The number of pyridine rings is 1. The van der Waals surface area contributed by atoms with Crippen molar-refractivity contribution in [2.45, 2.75) is 0 Å². The Hall–Kier alpha value is -4.46. The molecule has 8 heteroatoms. The third kappa shape index (κ3) is 5.73. The fourth-order valence-electron chi connectivity index (χ4n) is 3.82. The molecule has 0 atom stereocenters. The number of piperazine rings is 1. The molecule has 5 rings (SSSR count). The number of amides is 1. The molecule has 3 heterocycles. The van der Waals surface area contributed by atoms with Crippen LogP contribution in [0.4, 0.5) is 5.82 Å². The minimum absolute atomic E-state index is 0.000670. The lowest BCUT2D eigenvalue weighted by Gasteiger charge is -2.35. The summed E-state index contributed by atoms with van der Waals surface area (Å²) in [7, 11) is 0. The van der Waals surface area contributed by atoms with E-state index in [2.05, 4.69) is 20.1 Å². The van der Waals surface area contributed by atoms with Gasteiger partial charge in [0, 0.05) is 44.1 Å². The molecule has 1 amide bonds. The summed E-state index contributed by atoms with van der Waals surface area (Å²) < 4.78 is 11.5. The maximum atomic E-state index is 12.6. The first-order valence-electron chi connectivity index (χ1n) is 11.5. The van der Waals surface area contributed by atoms with Gasteiger partial charge in [0.2, 0.25) is 0 Å². The summed E-state index contributed by atoms with van der Waals surface area (Å²) in [5, 5.41) is 8.72. The summed E-state index contributed by atoms with van der Waals surface area (Å²) in [6, 6.07) is 24.6. The molecular formula is C27H25N5O3. The van der Waals surface area contributed by atoms with Crippen LogP contribution in [0.3, 0.4) is 0 Å². The zero-order valence-corrected chi connectivity index (χ0v) is 19.2. The monoisotopic (exact) mass is 467 g/mol. The molecular weight excluding hydrogens is 442 g/mol. The topological polar surface area (TPSA) is 80.7 Å². The molecule has 0 N–H and O–H groups in total. The number of benzene rings is 2. The number of aromatic nitrogens is 3. The van der Waals surface area contributed by atoms with Gasteiger partial charge in [-0.05, 0) is 60.7 Å². The minimum Gasteiger partial charge on any atom is -0.484 e. The van der Waals surface area contributed by atoms with Crippen LogP contribution in [0.1, 0.15) is 0 Å². The minimum atomic E-state index is -0.0339. The number of hydrogen-bond donors (Lipinski definition) is 0. The van der Waals surface area contributed by atoms with Crippen molar-refractivity contribution in [1.29, 1.82) is 0 Å². The van der Waals surface area contributed by atoms with Gasteiger partial charge in [0.15, 0.2) is 12.4 Å². The van der Waals surface area contributed by atoms with Gasteiger partial charge in [-0.3, -0.25) is 9.78 Å². The summed E-state index contributed by atoms with van der Waals surface area (Å²) in [6.07, 6.45) is 3.47. The van der Waals surface area contributed by atoms with E-state index in [-0.39, 0.29) is 12.5 Å². The zero-order chi connectivity index (χ0) is 23.9. The molecule has 4 aromatic rings. The number of para-hydroxylation sites is 1. The predicted molar refractivity (Wildman–Crippen MR) is 133 cm³/mol. The summed E-state index contributed by atoms with van der Waals surface area (Å²) in [6.45, 7) is 2.61. The Morgan fingerprint density at radius 2 is 1.43 bits per heavy atom. The number of anilines is 1. The molecule has 1 saturated heterocycles. The highest BCUT2D eigenvalue weighted by atomic mass is 16.5. The van der Waals surface area contributed by atoms with Crippen LogP contribution in [-0.2, 0) is 4.79 Å². The van der Waals surface area contributed by atoms with Crippen molar-refractivity contribution in [2.24, 2.45) is 0 Å². The lowest BCUT2D eigenvalue weighted by molar-refractivity contribution is -0.133. The molecule has 0 spiro atoms. The number of rotatable bonds is 7. The quantitative estimate of drug-likeness (QED) is 0.405. The van der Waals surface area contributed by atoms with E-state index in [9.17, 15) is 4.79 Å². The average molecular weight is 468 g/mol. The molecule has 0 aliphatic carbocycles. The summed E-state index contributed by atoms with van der Waals surface area (Å²) in [5.74, 6) is 2.88. The molecule has 8 nitrogen and oxygen atoms in total. The second-order valence-electron chi connectivity index (χ2n) is 8.06. The molecule has 35 heavy (non-hydrogen) atoms. The predicted octanol–water partition coefficient (Wildman–Crippen LogP) is 4.06. The number of nitrogens with zero attached hydrogens (tertiary/aromatic N) is 5. The van der Waals surface area contributed by atoms with Crippen molar-refractivity contribution < 1.29 is 14.3 Å². The van der Waals surface area contributed by atoms with E-state index < -0.39 is 0 Å². The van der Waals surface area contributed by atoms with Crippen molar-refractivity contribution in [3.05, 3.63) is 91.3 Å². The van der Waals surface area contributed by atoms with E-state index in [1.165, 1.54) is 0 Å². The van der Waals surface area contributed by atoms with Gasteiger partial charge in [-0.15, -0.1) is 10.2 Å². The number of carbonyl (C=O) groups is 1. The van der Waals surface area contributed by atoms with Crippen molar-refractivity contribution in [2.75, 3.05) is 37.7 Å². The van der Waals surface area contributed by atoms with Crippen LogP contribution in [-0.4, -0.2) is 58.8 Å². The van der Waals surface area contributed by atoms with Gasteiger partial charge >= 0.3 is 0 Å². The smallest absolute Gasteiger partial charge is 0.260 e. The molecule has 1 aliphatic heterocycles. The molecule has 2 aromatic heterocycles. The van der Waals surface area contributed by atoms with E-state index in [0.29, 0.717) is 37.7 Å². The first-order chi connectivity index (χ1) is 17.2. The molecule has 176 valence electrons. The van der Waals surface area contributed by atoms with Crippen LogP contribution in [0.5, 0.6) is 17.2 Å². The molecule has 0 bridgehead atoms. The van der Waals surface area contributed by atoms with Gasteiger partial charge in [0.25, 0.3) is 5.91 Å². The average Bonchev–Trinajstić information content (AvgIpc) is 2.94. The van der Waals surface area contributed by atoms with E-state index in [4.69, 9.17) is 9.47 Å². The zero-order valence-electron chi connectivity index (χ0n) is 19.2. The van der Waals surface area contributed by atoms with Crippen LogP contribution < -0.4 is 14.4 Å². The van der Waals surface area contributed by atoms with Gasteiger partial charge in [-0.2, -0.15) is 0 Å². The van der Waals surface area contributed by atoms with Crippen molar-refractivity contribution >= 4 is 11.7 Å². The fourth-order valence-corrected chi connectivity index (χ4v) is 3.82. The fraction of sp³-hybridized carbons (Fsp3) is 0.185. The lowest BCUT2D eigenvalue weighted by atomic mass is 10.2. The lowest BCUT2D eigenvalue weighted by Crippen LogP contribution is -2.50. The van der Waals surface area contributed by atoms with Crippen LogP contribution in [0, 0.1) is 0 Å². The summed E-state index contributed by atoms with van der Waals surface area (Å²) in [4.78, 5) is 20.6. The van der Waals surface area contributed by atoms with E-state index in [1.54, 1.807) is 24.5 Å². The van der Waals surface area contributed by atoms with E-state index in [0.717, 1.165) is 22.8 Å². The van der Waals surface area contributed by atoms with Crippen molar-refractivity contribution in [3.8, 4) is 28.5 Å². The Kier molecular flexibility index (Phi) is 6.79. The Labute approximate surface area is 203 Å². The van der Waals surface area contributed by atoms with Crippen LogP contribution in [0.15, 0.2) is 91.3 Å². The highest BCUT2D eigenvalue weighted by Crippen LogP contribution is 2.24. The molecule has 0 unspecified atom stereocenters. The molecule has 1 fully saturated rings. The first-order valence-corrected chi connectivity index (χ1v) is 11.5. The summed E-state index contributed by atoms with van der Waals surface area (Å²) in [5.41, 5.74) is 1.79. The SMILES string of the molecule is O=C(COc1ccc(Oc2ccccc2)cc1)N1CCN(c2ccc(-c3ccncc3)nn2)CC1. The summed E-state index contributed by atoms with van der Waals surface area (Å²) >= 11 is 0. The maximum absolute atomic E-state index is 12.6. The standard InChI is InChI=1S/C27H25N5O3/c33-27(20-34-22-6-8-24(9-7-22)35-23-4-2-1-3-5-23)32-18-16-31(17-19-32)26-11-10-25(29-30-26)21-12-14-28-15-13-21/h1-15H,16-20H2. The van der Waals surface area contributed by atoms with Crippen molar-refractivity contribution in [3.63, 3.8) is 0 Å². The Morgan fingerprint density at radius 3 is 2.11 bits per heavy atom. The Balaban J connectivity index is 1.08. The van der Waals surface area contributed by atoms with Crippen LogP contribution >= 0.6 is 0 Å². The second kappa shape index (κ2) is 10.6. The third-order valence-electron chi connectivity index (χ3n) is 5.75. The second-order valence-corrected chi connectivity index (χ2v) is 8.06. The van der Waals surface area contributed by atoms with E-state index >= 15 is 0 Å². The highest BCUT2D eigenvalue weighted by Gasteiger charge is 2.22. The molecule has 2 aromatic carbocycles. The first kappa shape index (κ1) is 22.3. The highest BCUT2D eigenvalue weighted by molar-refractivity contribution is 5.78. The Bertz CT molecular complexity index is 1230. The van der Waals surface area contributed by atoms with Gasteiger partial charge in [0.05, 0.1) is 5.69 Å².